The molecule has 5 nitrogen and oxygen atoms in total. The molecule has 1 N–H and O–H groups in total. The number of aliphatic hydroxyl groups is 1. The maximum absolute atomic E-state index is 12.6. The van der Waals surface area contributed by atoms with Gasteiger partial charge in [0.05, 0.1) is 25.9 Å². The summed E-state index contributed by atoms with van der Waals surface area (Å²) >= 11 is 0. The SMILES string of the molecule is COc1ccc(C)c([C@]23CCN(CC4CC4)[C@H](C)[C@]2(O)C[C@H](C)C2(C3)OCCO2)c1. The van der Waals surface area contributed by atoms with Crippen molar-refractivity contribution in [2.45, 2.75) is 75.7 Å². The van der Waals surface area contributed by atoms with Crippen molar-refractivity contribution < 1.29 is 19.3 Å². The van der Waals surface area contributed by atoms with E-state index in [2.05, 4.69) is 37.8 Å². The van der Waals surface area contributed by atoms with Crippen LogP contribution in [0.15, 0.2) is 18.2 Å². The topological polar surface area (TPSA) is 51.2 Å². The molecule has 1 spiro atoms. The van der Waals surface area contributed by atoms with Crippen LogP contribution in [0.25, 0.3) is 0 Å². The van der Waals surface area contributed by atoms with Crippen molar-refractivity contribution in [2.24, 2.45) is 11.8 Å². The number of ether oxygens (including phenoxy) is 3. The molecule has 2 heterocycles. The van der Waals surface area contributed by atoms with E-state index < -0.39 is 16.8 Å². The summed E-state index contributed by atoms with van der Waals surface area (Å²) in [5, 5.41) is 12.6. The quantitative estimate of drug-likeness (QED) is 0.814. The minimum atomic E-state index is -0.836. The lowest BCUT2D eigenvalue weighted by molar-refractivity contribution is -0.279. The van der Waals surface area contributed by atoms with Gasteiger partial charge >= 0.3 is 0 Å². The van der Waals surface area contributed by atoms with Gasteiger partial charge in [0, 0.05) is 30.3 Å². The molecule has 2 saturated heterocycles. The van der Waals surface area contributed by atoms with E-state index in [9.17, 15) is 5.11 Å². The first-order chi connectivity index (χ1) is 14.3. The fourth-order valence-corrected chi connectivity index (χ4v) is 6.72. The summed E-state index contributed by atoms with van der Waals surface area (Å²) in [6, 6.07) is 6.40. The third-order valence-electron chi connectivity index (χ3n) is 8.74. The van der Waals surface area contributed by atoms with Gasteiger partial charge in [-0.2, -0.15) is 0 Å². The average molecular weight is 416 g/mol. The number of benzene rings is 1. The predicted octanol–water partition coefficient (Wildman–Crippen LogP) is 3.65. The second-order valence-electron chi connectivity index (χ2n) is 10.3. The molecule has 4 fully saturated rings. The third kappa shape index (κ3) is 2.96. The van der Waals surface area contributed by atoms with Crippen LogP contribution < -0.4 is 4.74 Å². The summed E-state index contributed by atoms with van der Waals surface area (Å²) in [6.07, 6.45) is 4.97. The summed E-state index contributed by atoms with van der Waals surface area (Å²) in [5.74, 6) is 1.21. The standard InChI is InChI=1S/C25H37NO4/c1-17-5-8-21(28-4)13-22(17)23-9-10-26(15-20-6-7-20)19(3)24(23,27)14-18(2)25(16-23)29-11-12-30-25/h5,8,13,18-20,27H,6-7,9-12,14-16H2,1-4H3/t18-,19+,23+,24+/m0/s1. The minimum absolute atomic E-state index is 0.0960. The van der Waals surface area contributed by atoms with Crippen molar-refractivity contribution in [1.82, 2.24) is 4.90 Å². The Morgan fingerprint density at radius 3 is 2.60 bits per heavy atom. The summed E-state index contributed by atoms with van der Waals surface area (Å²) in [6.45, 7) is 9.99. The molecule has 166 valence electrons. The van der Waals surface area contributed by atoms with Crippen LogP contribution in [0.2, 0.25) is 0 Å². The van der Waals surface area contributed by atoms with E-state index in [-0.39, 0.29) is 12.0 Å². The number of hydrogen-bond acceptors (Lipinski definition) is 5. The number of piperidine rings is 1. The summed E-state index contributed by atoms with van der Waals surface area (Å²) in [7, 11) is 1.72. The zero-order valence-corrected chi connectivity index (χ0v) is 18.9. The van der Waals surface area contributed by atoms with Crippen LogP contribution >= 0.6 is 0 Å². The molecule has 5 heteroatoms. The highest BCUT2D eigenvalue weighted by molar-refractivity contribution is 5.45. The molecular weight excluding hydrogens is 378 g/mol. The average Bonchev–Trinajstić information content (AvgIpc) is 3.43. The number of fused-ring (bicyclic) bond motifs is 1. The van der Waals surface area contributed by atoms with Gasteiger partial charge in [-0.15, -0.1) is 0 Å². The van der Waals surface area contributed by atoms with Gasteiger partial charge in [-0.25, -0.2) is 0 Å². The monoisotopic (exact) mass is 415 g/mol. The molecule has 2 aliphatic heterocycles. The molecule has 4 aliphatic rings. The van der Waals surface area contributed by atoms with Gasteiger partial charge in [0.25, 0.3) is 0 Å². The molecule has 0 radical (unpaired) electrons. The van der Waals surface area contributed by atoms with Crippen LogP contribution in [0, 0.1) is 18.8 Å². The van der Waals surface area contributed by atoms with Crippen molar-refractivity contribution in [1.29, 1.82) is 0 Å². The summed E-state index contributed by atoms with van der Waals surface area (Å²) < 4.78 is 18.2. The Hall–Kier alpha value is -1.14. The lowest BCUT2D eigenvalue weighted by Gasteiger charge is -2.64. The highest BCUT2D eigenvalue weighted by Gasteiger charge is 2.67. The molecular formula is C25H37NO4. The lowest BCUT2D eigenvalue weighted by atomic mass is 9.50. The van der Waals surface area contributed by atoms with Crippen LogP contribution in [-0.4, -0.2) is 60.8 Å². The molecule has 30 heavy (non-hydrogen) atoms. The largest absolute Gasteiger partial charge is 0.497 e. The second-order valence-corrected chi connectivity index (χ2v) is 10.3. The first kappa shape index (κ1) is 20.7. The van der Waals surface area contributed by atoms with Crippen molar-refractivity contribution in [3.8, 4) is 5.75 Å². The Kier molecular flexibility index (Phi) is 4.97. The molecule has 0 bridgehead atoms. The Morgan fingerprint density at radius 2 is 1.93 bits per heavy atom. The lowest BCUT2D eigenvalue weighted by Crippen LogP contribution is -2.73. The number of nitrogens with zero attached hydrogens (tertiary/aromatic N) is 1. The van der Waals surface area contributed by atoms with Gasteiger partial charge in [-0.05, 0) is 75.3 Å². The van der Waals surface area contributed by atoms with E-state index in [1.165, 1.54) is 24.0 Å². The minimum Gasteiger partial charge on any atom is -0.497 e. The fourth-order valence-electron chi connectivity index (χ4n) is 6.72. The zero-order chi connectivity index (χ0) is 21.1. The van der Waals surface area contributed by atoms with E-state index in [0.717, 1.165) is 31.2 Å². The van der Waals surface area contributed by atoms with Crippen LogP contribution in [0.5, 0.6) is 5.75 Å². The number of likely N-dealkylation sites (tertiary alicyclic amines) is 1. The van der Waals surface area contributed by atoms with Gasteiger partial charge in [0.15, 0.2) is 5.79 Å². The van der Waals surface area contributed by atoms with E-state index in [1.807, 2.05) is 6.07 Å². The van der Waals surface area contributed by atoms with Crippen LogP contribution in [0.4, 0.5) is 0 Å². The molecule has 0 aromatic heterocycles. The van der Waals surface area contributed by atoms with Crippen LogP contribution in [0.1, 0.15) is 57.1 Å². The van der Waals surface area contributed by atoms with E-state index in [1.54, 1.807) is 7.11 Å². The zero-order valence-electron chi connectivity index (χ0n) is 18.9. The van der Waals surface area contributed by atoms with Gasteiger partial charge in [0.1, 0.15) is 5.75 Å². The number of methoxy groups -OCH3 is 1. The van der Waals surface area contributed by atoms with E-state index in [0.29, 0.717) is 26.1 Å². The van der Waals surface area contributed by atoms with E-state index in [4.69, 9.17) is 14.2 Å². The highest BCUT2D eigenvalue weighted by atomic mass is 16.7. The van der Waals surface area contributed by atoms with Crippen LogP contribution in [0.3, 0.4) is 0 Å². The molecule has 2 saturated carbocycles. The normalized spacial score (nSPS) is 38.6. The summed E-state index contributed by atoms with van der Waals surface area (Å²) in [5.41, 5.74) is 1.16. The first-order valence-electron chi connectivity index (χ1n) is 11.7. The third-order valence-corrected chi connectivity index (χ3v) is 8.74. The van der Waals surface area contributed by atoms with Gasteiger partial charge in [0.2, 0.25) is 0 Å². The van der Waals surface area contributed by atoms with Crippen LogP contribution in [-0.2, 0) is 14.9 Å². The Balaban J connectivity index is 1.63. The predicted molar refractivity (Wildman–Crippen MR) is 116 cm³/mol. The smallest absolute Gasteiger partial charge is 0.172 e. The van der Waals surface area contributed by atoms with Gasteiger partial charge < -0.3 is 19.3 Å². The van der Waals surface area contributed by atoms with Crippen molar-refractivity contribution in [2.75, 3.05) is 33.4 Å². The van der Waals surface area contributed by atoms with Gasteiger partial charge in [-0.1, -0.05) is 13.0 Å². The highest BCUT2D eigenvalue weighted by Crippen LogP contribution is 2.60. The Labute approximate surface area is 180 Å². The van der Waals surface area contributed by atoms with Gasteiger partial charge in [-0.3, -0.25) is 4.90 Å². The van der Waals surface area contributed by atoms with Crippen molar-refractivity contribution in [3.05, 3.63) is 29.3 Å². The van der Waals surface area contributed by atoms with E-state index >= 15 is 0 Å². The molecule has 0 amide bonds. The molecule has 5 rings (SSSR count). The van der Waals surface area contributed by atoms with Crippen molar-refractivity contribution >= 4 is 0 Å². The molecule has 0 unspecified atom stereocenters. The molecule has 1 aromatic carbocycles. The summed E-state index contributed by atoms with van der Waals surface area (Å²) in [4.78, 5) is 2.55. The maximum atomic E-state index is 12.6. The molecule has 2 aliphatic carbocycles. The van der Waals surface area contributed by atoms with Crippen molar-refractivity contribution in [3.63, 3.8) is 0 Å². The fraction of sp³-hybridized carbons (Fsp3) is 0.760. The first-order valence-corrected chi connectivity index (χ1v) is 11.7. The Bertz CT molecular complexity index is 802. The molecule has 1 aromatic rings. The maximum Gasteiger partial charge on any atom is 0.172 e. The number of hydrogen-bond donors (Lipinski definition) is 1. The Morgan fingerprint density at radius 1 is 1.20 bits per heavy atom. The number of aryl methyl sites for hydroxylation is 1. The second kappa shape index (κ2) is 7.19. The molecule has 4 atom stereocenters. The number of rotatable bonds is 4.